The predicted molar refractivity (Wildman–Crippen MR) is 106 cm³/mol. The number of hydrogen-bond acceptors (Lipinski definition) is 2. The molecule has 4 aliphatic carbocycles. The molecule has 4 saturated carbocycles. The normalized spacial score (nSPS) is 56.8. The summed E-state index contributed by atoms with van der Waals surface area (Å²) in [7, 11) is 0. The van der Waals surface area contributed by atoms with Gasteiger partial charge in [-0.15, -0.1) is 0 Å². The van der Waals surface area contributed by atoms with Crippen LogP contribution in [0.25, 0.3) is 0 Å². The summed E-state index contributed by atoms with van der Waals surface area (Å²) in [4.78, 5) is 12.5. The van der Waals surface area contributed by atoms with E-state index < -0.39 is 5.60 Å². The molecule has 0 aromatic rings. The lowest BCUT2D eigenvalue weighted by Crippen LogP contribution is -2.58. The molecule has 0 heterocycles. The summed E-state index contributed by atoms with van der Waals surface area (Å²) in [5.41, 5.74) is -0.199. The molecule has 4 rings (SSSR count). The molecule has 2 heteroatoms. The van der Waals surface area contributed by atoms with Crippen LogP contribution < -0.4 is 0 Å². The summed E-state index contributed by atoms with van der Waals surface area (Å²) in [5, 5.41) is 10.6. The second-order valence-corrected chi connectivity index (χ2v) is 11.4. The van der Waals surface area contributed by atoms with Gasteiger partial charge in [-0.3, -0.25) is 4.79 Å². The number of Topliss-reactive ketones (excluding diaryl/α,β-unsaturated/α-hetero) is 1. The van der Waals surface area contributed by atoms with Crippen LogP contribution in [0.3, 0.4) is 0 Å². The lowest BCUT2D eigenvalue weighted by Gasteiger charge is -2.63. The van der Waals surface area contributed by atoms with E-state index in [4.69, 9.17) is 0 Å². The van der Waals surface area contributed by atoms with Crippen LogP contribution >= 0.6 is 0 Å². The zero-order chi connectivity index (χ0) is 18.9. The summed E-state index contributed by atoms with van der Waals surface area (Å²) >= 11 is 0. The maximum atomic E-state index is 12.5. The number of fused-ring (bicyclic) bond motifs is 5. The van der Waals surface area contributed by atoms with Gasteiger partial charge >= 0.3 is 0 Å². The number of carbonyl (C=O) groups is 1. The van der Waals surface area contributed by atoms with Gasteiger partial charge in [0.05, 0.1) is 5.60 Å². The quantitative estimate of drug-likeness (QED) is 0.672. The molecule has 0 unspecified atom stereocenters. The second kappa shape index (κ2) is 6.33. The maximum absolute atomic E-state index is 12.5. The Hall–Kier alpha value is -0.370. The Balaban J connectivity index is 1.63. The molecule has 26 heavy (non-hydrogen) atoms. The first-order chi connectivity index (χ1) is 12.1. The summed E-state index contributed by atoms with van der Waals surface area (Å²) in [6.45, 7) is 11.3. The highest BCUT2D eigenvalue weighted by Gasteiger charge is 2.59. The molecule has 0 saturated heterocycles. The minimum atomic E-state index is -0.427. The molecule has 1 N–H and O–H groups in total. The zero-order valence-corrected chi connectivity index (χ0v) is 17.6. The maximum Gasteiger partial charge on any atom is 0.133 e. The Morgan fingerprint density at radius 3 is 2.35 bits per heavy atom. The van der Waals surface area contributed by atoms with E-state index in [2.05, 4.69) is 27.7 Å². The minimum Gasteiger partial charge on any atom is -0.390 e. The Morgan fingerprint density at radius 2 is 1.65 bits per heavy atom. The van der Waals surface area contributed by atoms with Crippen molar-refractivity contribution in [2.24, 2.45) is 52.8 Å². The Morgan fingerprint density at radius 1 is 0.962 bits per heavy atom. The van der Waals surface area contributed by atoms with Gasteiger partial charge in [0.15, 0.2) is 0 Å². The molecule has 0 spiro atoms. The van der Waals surface area contributed by atoms with Crippen LogP contribution in [0.1, 0.15) is 86.0 Å². The standard InChI is InChI=1S/C24H40O2/c1-14-12-21(16(3)25)24(5)11-9-19-18-8-10-23(4,26)13-17(18)6-7-20(19)22(24)15(14)2/h14-15,17-22,26H,6-13H2,1-5H3/t14-,15+,17+,18-,19+,20+,21+,22-,23+,24+/m0/s1. The fourth-order valence-electron chi connectivity index (χ4n) is 8.59. The first kappa shape index (κ1) is 19.0. The summed E-state index contributed by atoms with van der Waals surface area (Å²) in [6.07, 6.45) is 9.56. The third kappa shape index (κ3) is 2.81. The van der Waals surface area contributed by atoms with Gasteiger partial charge < -0.3 is 5.11 Å². The highest BCUT2D eigenvalue weighted by atomic mass is 16.3. The minimum absolute atomic E-state index is 0.228. The summed E-state index contributed by atoms with van der Waals surface area (Å²) in [6, 6.07) is 0. The van der Waals surface area contributed by atoms with Gasteiger partial charge in [-0.05, 0) is 112 Å². The van der Waals surface area contributed by atoms with E-state index in [1.807, 2.05) is 6.92 Å². The van der Waals surface area contributed by atoms with Crippen molar-refractivity contribution in [1.82, 2.24) is 0 Å². The molecule has 0 aromatic heterocycles. The topological polar surface area (TPSA) is 37.3 Å². The van der Waals surface area contributed by atoms with Gasteiger partial charge in [0.1, 0.15) is 5.78 Å². The molecule has 0 aromatic carbocycles. The Kier molecular flexibility index (Phi) is 4.61. The molecule has 0 radical (unpaired) electrons. The fourth-order valence-corrected chi connectivity index (χ4v) is 8.59. The van der Waals surface area contributed by atoms with Crippen LogP contribution in [0, 0.1) is 52.8 Å². The monoisotopic (exact) mass is 360 g/mol. The number of carbonyl (C=O) groups excluding carboxylic acids is 1. The lowest BCUT2D eigenvalue weighted by molar-refractivity contribution is -0.163. The van der Waals surface area contributed by atoms with Crippen molar-refractivity contribution in [3.63, 3.8) is 0 Å². The van der Waals surface area contributed by atoms with Crippen LogP contribution in [0.4, 0.5) is 0 Å². The van der Waals surface area contributed by atoms with Crippen molar-refractivity contribution in [2.45, 2.75) is 91.6 Å². The van der Waals surface area contributed by atoms with Gasteiger partial charge in [-0.2, -0.15) is 0 Å². The van der Waals surface area contributed by atoms with Crippen molar-refractivity contribution in [2.75, 3.05) is 0 Å². The number of rotatable bonds is 1. The van der Waals surface area contributed by atoms with Gasteiger partial charge in [-0.1, -0.05) is 20.8 Å². The molecule has 4 fully saturated rings. The molecule has 148 valence electrons. The molecule has 0 bridgehead atoms. The molecule has 0 aliphatic heterocycles. The number of aliphatic hydroxyl groups is 1. The van der Waals surface area contributed by atoms with Gasteiger partial charge in [-0.25, -0.2) is 0 Å². The zero-order valence-electron chi connectivity index (χ0n) is 17.6. The van der Waals surface area contributed by atoms with Crippen LogP contribution in [-0.2, 0) is 4.79 Å². The second-order valence-electron chi connectivity index (χ2n) is 11.4. The summed E-state index contributed by atoms with van der Waals surface area (Å²) < 4.78 is 0. The highest BCUT2D eigenvalue weighted by molar-refractivity contribution is 5.79. The molecule has 4 aliphatic rings. The average Bonchev–Trinajstić information content (AvgIpc) is 2.56. The molecule has 0 amide bonds. The van der Waals surface area contributed by atoms with Gasteiger partial charge in [0, 0.05) is 5.92 Å². The van der Waals surface area contributed by atoms with Crippen molar-refractivity contribution < 1.29 is 9.90 Å². The number of ketones is 1. The van der Waals surface area contributed by atoms with Gasteiger partial charge in [0.25, 0.3) is 0 Å². The third-order valence-corrected chi connectivity index (χ3v) is 9.89. The fraction of sp³-hybridized carbons (Fsp3) is 0.958. The van der Waals surface area contributed by atoms with Crippen LogP contribution in [-0.4, -0.2) is 16.5 Å². The van der Waals surface area contributed by atoms with E-state index in [0.717, 1.165) is 54.8 Å². The average molecular weight is 361 g/mol. The van der Waals surface area contributed by atoms with E-state index in [1.165, 1.54) is 32.1 Å². The van der Waals surface area contributed by atoms with E-state index >= 15 is 0 Å². The first-order valence-corrected chi connectivity index (χ1v) is 11.4. The largest absolute Gasteiger partial charge is 0.390 e. The molecule has 10 atom stereocenters. The van der Waals surface area contributed by atoms with E-state index in [9.17, 15) is 9.90 Å². The van der Waals surface area contributed by atoms with E-state index in [0.29, 0.717) is 11.7 Å². The molecule has 2 nitrogen and oxygen atoms in total. The first-order valence-electron chi connectivity index (χ1n) is 11.4. The highest BCUT2D eigenvalue weighted by Crippen LogP contribution is 2.65. The van der Waals surface area contributed by atoms with Crippen molar-refractivity contribution >= 4 is 5.78 Å². The van der Waals surface area contributed by atoms with Crippen LogP contribution in [0.2, 0.25) is 0 Å². The van der Waals surface area contributed by atoms with Crippen molar-refractivity contribution in [3.8, 4) is 0 Å². The predicted octanol–water partition coefficient (Wildman–Crippen LogP) is 5.48. The van der Waals surface area contributed by atoms with Gasteiger partial charge in [0.2, 0.25) is 0 Å². The van der Waals surface area contributed by atoms with E-state index in [1.54, 1.807) is 0 Å². The molecular weight excluding hydrogens is 320 g/mol. The van der Waals surface area contributed by atoms with E-state index in [-0.39, 0.29) is 11.3 Å². The van der Waals surface area contributed by atoms with Crippen LogP contribution in [0.15, 0.2) is 0 Å². The van der Waals surface area contributed by atoms with Crippen molar-refractivity contribution in [3.05, 3.63) is 0 Å². The molecular formula is C24H40O2. The Bertz CT molecular complexity index is 567. The Labute approximate surface area is 160 Å². The smallest absolute Gasteiger partial charge is 0.133 e. The lowest BCUT2D eigenvalue weighted by atomic mass is 9.41. The summed E-state index contributed by atoms with van der Waals surface area (Å²) in [5.74, 6) is 6.10. The number of hydrogen-bond donors (Lipinski definition) is 1. The third-order valence-electron chi connectivity index (χ3n) is 9.89. The van der Waals surface area contributed by atoms with Crippen molar-refractivity contribution in [1.29, 1.82) is 0 Å². The van der Waals surface area contributed by atoms with Crippen LogP contribution in [0.5, 0.6) is 0 Å². The SMILES string of the molecule is CC(=O)[C@H]1C[C@H](C)[C@@H](C)[C@H]2[C@@H]3CC[C@@H]4C[C@](C)(O)CC[C@@H]4[C@H]3CC[C@@]21C.